The summed E-state index contributed by atoms with van der Waals surface area (Å²) in [5.74, 6) is 1.13. The van der Waals surface area contributed by atoms with Crippen molar-refractivity contribution in [3.05, 3.63) is 94.6 Å². The molecule has 0 unspecified atom stereocenters. The largest absolute Gasteiger partial charge is 0.490 e. The van der Waals surface area contributed by atoms with Crippen LogP contribution in [0.3, 0.4) is 0 Å². The molecule has 0 N–H and O–H groups in total. The summed E-state index contributed by atoms with van der Waals surface area (Å²) in [4.78, 5) is 27.6. The number of hydrogen-bond acceptors (Lipinski definition) is 6. The third-order valence-corrected chi connectivity index (χ3v) is 4.32. The van der Waals surface area contributed by atoms with E-state index in [0.717, 1.165) is 0 Å². The van der Waals surface area contributed by atoms with Gasteiger partial charge < -0.3 is 9.47 Å². The quantitative estimate of drug-likeness (QED) is 0.277. The van der Waals surface area contributed by atoms with Gasteiger partial charge in [-0.15, -0.1) is 0 Å². The number of ether oxygens (including phenoxy) is 2. The number of methoxy groups -OCH3 is 1. The van der Waals surface area contributed by atoms with Gasteiger partial charge in [-0.2, -0.15) is 0 Å². The number of nitro groups is 1. The lowest BCUT2D eigenvalue weighted by Gasteiger charge is -2.07. The average molecular weight is 389 g/mol. The van der Waals surface area contributed by atoms with Crippen molar-refractivity contribution < 1.29 is 19.2 Å². The zero-order valence-electron chi connectivity index (χ0n) is 15.3. The molecular weight excluding hydrogens is 374 g/mol. The Morgan fingerprint density at radius 1 is 1.07 bits per heavy atom. The van der Waals surface area contributed by atoms with E-state index < -0.39 is 4.92 Å². The van der Waals surface area contributed by atoms with Crippen LogP contribution in [0.2, 0.25) is 0 Å². The first-order valence-electron chi connectivity index (χ1n) is 8.64. The summed E-state index contributed by atoms with van der Waals surface area (Å²) in [6, 6.07) is 16.8. The third-order valence-electron chi connectivity index (χ3n) is 4.32. The van der Waals surface area contributed by atoms with Crippen LogP contribution in [0.15, 0.2) is 73.1 Å². The number of aromatic nitrogens is 2. The molecule has 8 heteroatoms. The van der Waals surface area contributed by atoms with Crippen LogP contribution >= 0.6 is 0 Å². The molecule has 0 saturated carbocycles. The molecule has 0 aliphatic rings. The number of benzene rings is 2. The molecule has 0 aliphatic heterocycles. The number of hydrogen-bond donors (Lipinski definition) is 0. The van der Waals surface area contributed by atoms with Crippen LogP contribution in [0, 0.1) is 10.1 Å². The zero-order valence-corrected chi connectivity index (χ0v) is 15.3. The molecule has 0 spiro atoms. The lowest BCUT2D eigenvalue weighted by Crippen LogP contribution is -2.07. The minimum Gasteiger partial charge on any atom is -0.490 e. The number of carbonyl (C=O) groups is 1. The SMILES string of the molecule is COc1cc(C(=O)c2ncc3cc(Oc4ccccc4)ccn23)ccc1[N+](=O)[O-]. The van der Waals surface area contributed by atoms with Gasteiger partial charge in [-0.25, -0.2) is 4.98 Å². The van der Waals surface area contributed by atoms with Crippen molar-refractivity contribution in [3.63, 3.8) is 0 Å². The number of carbonyl (C=O) groups excluding carboxylic acids is 1. The van der Waals surface area contributed by atoms with Crippen LogP contribution in [0.25, 0.3) is 5.52 Å². The van der Waals surface area contributed by atoms with E-state index in [4.69, 9.17) is 9.47 Å². The monoisotopic (exact) mass is 389 g/mol. The molecular formula is C21H15N3O5. The maximum absolute atomic E-state index is 12.9. The molecule has 2 heterocycles. The number of rotatable bonds is 6. The van der Waals surface area contributed by atoms with Gasteiger partial charge in [0.15, 0.2) is 11.6 Å². The maximum atomic E-state index is 12.9. The van der Waals surface area contributed by atoms with Gasteiger partial charge in [-0.1, -0.05) is 18.2 Å². The smallest absolute Gasteiger partial charge is 0.310 e. The number of pyridine rings is 1. The highest BCUT2D eigenvalue weighted by molar-refractivity contribution is 6.07. The highest BCUT2D eigenvalue weighted by Crippen LogP contribution is 2.29. The van der Waals surface area contributed by atoms with Crippen LogP contribution in [-0.4, -0.2) is 27.2 Å². The summed E-state index contributed by atoms with van der Waals surface area (Å²) in [7, 11) is 1.32. The summed E-state index contributed by atoms with van der Waals surface area (Å²) < 4.78 is 12.5. The molecule has 0 radical (unpaired) electrons. The molecule has 2 aromatic carbocycles. The first-order chi connectivity index (χ1) is 14.1. The van der Waals surface area contributed by atoms with Crippen LogP contribution < -0.4 is 9.47 Å². The highest BCUT2D eigenvalue weighted by atomic mass is 16.6. The topological polar surface area (TPSA) is 96.0 Å². The molecule has 0 bridgehead atoms. The van der Waals surface area contributed by atoms with Crippen molar-refractivity contribution in [3.8, 4) is 17.2 Å². The molecule has 0 saturated heterocycles. The molecule has 8 nitrogen and oxygen atoms in total. The van der Waals surface area contributed by atoms with E-state index in [2.05, 4.69) is 4.98 Å². The maximum Gasteiger partial charge on any atom is 0.310 e. The standard InChI is InChI=1S/C21H15N3O5/c1-28-19-11-14(7-8-18(19)24(26)27)20(25)21-22-13-15-12-17(9-10-23(15)21)29-16-5-3-2-4-6-16/h2-13H,1H3. The third kappa shape index (κ3) is 3.51. The Balaban J connectivity index is 1.66. The molecule has 0 amide bonds. The molecule has 4 aromatic rings. The van der Waals surface area contributed by atoms with Gasteiger partial charge in [0.1, 0.15) is 11.5 Å². The fourth-order valence-electron chi connectivity index (χ4n) is 2.93. The molecule has 144 valence electrons. The summed E-state index contributed by atoms with van der Waals surface area (Å²) in [6.45, 7) is 0. The van der Waals surface area contributed by atoms with Gasteiger partial charge >= 0.3 is 5.69 Å². The van der Waals surface area contributed by atoms with Crippen LogP contribution in [0.4, 0.5) is 5.69 Å². The van der Waals surface area contributed by atoms with E-state index in [1.807, 2.05) is 30.3 Å². The normalized spacial score (nSPS) is 10.7. The number of imidazole rings is 1. The van der Waals surface area contributed by atoms with Gasteiger partial charge in [0.25, 0.3) is 0 Å². The summed E-state index contributed by atoms with van der Waals surface area (Å²) >= 11 is 0. The Kier molecular flexibility index (Phi) is 4.66. The van der Waals surface area contributed by atoms with Crippen molar-refractivity contribution in [2.75, 3.05) is 7.11 Å². The lowest BCUT2D eigenvalue weighted by molar-refractivity contribution is -0.385. The molecule has 29 heavy (non-hydrogen) atoms. The van der Waals surface area contributed by atoms with Crippen molar-refractivity contribution in [2.24, 2.45) is 0 Å². The molecule has 4 rings (SSSR count). The van der Waals surface area contributed by atoms with Gasteiger partial charge in [0.2, 0.25) is 5.78 Å². The van der Waals surface area contributed by atoms with Crippen LogP contribution in [0.5, 0.6) is 17.2 Å². The van der Waals surface area contributed by atoms with Gasteiger partial charge in [-0.05, 0) is 30.3 Å². The average Bonchev–Trinajstić information content (AvgIpc) is 3.16. The molecule has 0 fully saturated rings. The van der Waals surface area contributed by atoms with Crippen molar-refractivity contribution in [1.82, 2.24) is 9.38 Å². The van der Waals surface area contributed by atoms with E-state index in [1.54, 1.807) is 28.9 Å². The van der Waals surface area contributed by atoms with Crippen molar-refractivity contribution >= 4 is 17.0 Å². The molecule has 0 aliphatic carbocycles. The van der Waals surface area contributed by atoms with E-state index in [9.17, 15) is 14.9 Å². The summed E-state index contributed by atoms with van der Waals surface area (Å²) in [5, 5.41) is 11.0. The lowest BCUT2D eigenvalue weighted by atomic mass is 10.1. The Morgan fingerprint density at radius 3 is 2.59 bits per heavy atom. The highest BCUT2D eigenvalue weighted by Gasteiger charge is 2.21. The number of nitro benzene ring substituents is 1. The predicted octanol–water partition coefficient (Wildman–Crippen LogP) is 4.27. The second-order valence-corrected chi connectivity index (χ2v) is 6.13. The van der Waals surface area contributed by atoms with Crippen LogP contribution in [0.1, 0.15) is 16.2 Å². The number of ketones is 1. The second kappa shape index (κ2) is 7.43. The fraction of sp³-hybridized carbons (Fsp3) is 0.0476. The molecule has 0 atom stereocenters. The van der Waals surface area contributed by atoms with Gasteiger partial charge in [0, 0.05) is 23.9 Å². The Morgan fingerprint density at radius 2 is 1.86 bits per heavy atom. The summed E-state index contributed by atoms with van der Waals surface area (Å²) in [5.41, 5.74) is 0.708. The van der Waals surface area contributed by atoms with Crippen molar-refractivity contribution in [2.45, 2.75) is 0 Å². The van der Waals surface area contributed by atoms with E-state index in [-0.39, 0.29) is 28.6 Å². The molecule has 2 aromatic heterocycles. The van der Waals surface area contributed by atoms with E-state index >= 15 is 0 Å². The number of para-hydroxylation sites is 1. The zero-order chi connectivity index (χ0) is 20.4. The predicted molar refractivity (Wildman–Crippen MR) is 105 cm³/mol. The number of nitrogens with zero attached hydrogens (tertiary/aromatic N) is 3. The van der Waals surface area contributed by atoms with E-state index in [0.29, 0.717) is 17.0 Å². The first kappa shape index (κ1) is 18.2. The van der Waals surface area contributed by atoms with Crippen LogP contribution in [-0.2, 0) is 0 Å². The van der Waals surface area contributed by atoms with Crippen molar-refractivity contribution in [1.29, 1.82) is 0 Å². The minimum absolute atomic E-state index is 0.0141. The fourth-order valence-corrected chi connectivity index (χ4v) is 2.93. The van der Waals surface area contributed by atoms with E-state index in [1.165, 1.54) is 25.3 Å². The van der Waals surface area contributed by atoms with Gasteiger partial charge in [0.05, 0.1) is 23.7 Å². The Labute approximate surface area is 165 Å². The summed E-state index contributed by atoms with van der Waals surface area (Å²) in [6.07, 6.45) is 3.25. The second-order valence-electron chi connectivity index (χ2n) is 6.13. The van der Waals surface area contributed by atoms with Gasteiger partial charge in [-0.3, -0.25) is 19.3 Å². The minimum atomic E-state index is -0.563. The first-order valence-corrected chi connectivity index (χ1v) is 8.64. The Bertz CT molecular complexity index is 1220. The Hall–Kier alpha value is -4.20. The number of fused-ring (bicyclic) bond motifs is 1.